The van der Waals surface area contributed by atoms with Gasteiger partial charge in [-0.3, -0.25) is 0 Å². The van der Waals surface area contributed by atoms with E-state index < -0.39 is 0 Å². The molecule has 0 bridgehead atoms. The van der Waals surface area contributed by atoms with E-state index >= 15 is 0 Å². The first-order chi connectivity index (χ1) is 10.6. The SMILES string of the molecule is CC(C)CC1(CC(C)C)CCCCC(CC(C)C)(CC(C)C)N1. The van der Waals surface area contributed by atoms with Crippen LogP contribution in [0.3, 0.4) is 0 Å². The summed E-state index contributed by atoms with van der Waals surface area (Å²) in [5.74, 6) is 3.09. The monoisotopic (exact) mass is 323 g/mol. The van der Waals surface area contributed by atoms with Crippen molar-refractivity contribution in [3.63, 3.8) is 0 Å². The Morgan fingerprint density at radius 2 is 0.826 bits per heavy atom. The van der Waals surface area contributed by atoms with Crippen LogP contribution in [0, 0.1) is 23.7 Å². The molecular weight excluding hydrogens is 278 g/mol. The lowest BCUT2D eigenvalue weighted by atomic mass is 9.74. The van der Waals surface area contributed by atoms with Gasteiger partial charge in [0.05, 0.1) is 0 Å². The summed E-state index contributed by atoms with van der Waals surface area (Å²) in [6.45, 7) is 19.2. The molecule has 1 aliphatic heterocycles. The van der Waals surface area contributed by atoms with Gasteiger partial charge in [-0.2, -0.15) is 0 Å². The van der Waals surface area contributed by atoms with E-state index in [9.17, 15) is 0 Å². The van der Waals surface area contributed by atoms with Crippen molar-refractivity contribution in [1.29, 1.82) is 0 Å². The van der Waals surface area contributed by atoms with Gasteiger partial charge in [0.15, 0.2) is 0 Å². The first-order valence-electron chi connectivity index (χ1n) is 10.4. The van der Waals surface area contributed by atoms with Gasteiger partial charge in [-0.05, 0) is 62.2 Å². The number of hydrogen-bond donors (Lipinski definition) is 1. The van der Waals surface area contributed by atoms with Crippen molar-refractivity contribution < 1.29 is 0 Å². The van der Waals surface area contributed by atoms with E-state index in [0.717, 1.165) is 23.7 Å². The van der Waals surface area contributed by atoms with Crippen LogP contribution < -0.4 is 5.32 Å². The summed E-state index contributed by atoms with van der Waals surface area (Å²) >= 11 is 0. The number of hydrogen-bond acceptors (Lipinski definition) is 1. The van der Waals surface area contributed by atoms with Gasteiger partial charge in [-0.15, -0.1) is 0 Å². The quantitative estimate of drug-likeness (QED) is 0.517. The van der Waals surface area contributed by atoms with E-state index in [1.807, 2.05) is 0 Å². The fraction of sp³-hybridized carbons (Fsp3) is 1.00. The van der Waals surface area contributed by atoms with Crippen molar-refractivity contribution in [3.05, 3.63) is 0 Å². The second-order valence-electron chi connectivity index (χ2n) is 10.3. The van der Waals surface area contributed by atoms with Crippen molar-refractivity contribution >= 4 is 0 Å². The molecule has 0 atom stereocenters. The van der Waals surface area contributed by atoms with E-state index in [2.05, 4.69) is 60.7 Å². The summed E-state index contributed by atoms with van der Waals surface area (Å²) in [5, 5.41) is 4.37. The highest BCUT2D eigenvalue weighted by molar-refractivity contribution is 5.02. The van der Waals surface area contributed by atoms with Gasteiger partial charge in [-0.1, -0.05) is 68.2 Å². The molecule has 0 aromatic rings. The largest absolute Gasteiger partial charge is 0.306 e. The second-order valence-corrected chi connectivity index (χ2v) is 10.3. The third kappa shape index (κ3) is 7.16. The molecule has 1 rings (SSSR count). The zero-order valence-corrected chi connectivity index (χ0v) is 17.5. The van der Waals surface area contributed by atoms with Crippen LogP contribution in [0.4, 0.5) is 0 Å². The standard InChI is InChI=1S/C22H45N/c1-17(2)13-21(14-18(3)4)11-9-10-12-22(23-21,15-19(5)6)16-20(7)8/h17-20,23H,9-16H2,1-8H3. The van der Waals surface area contributed by atoms with Crippen LogP contribution >= 0.6 is 0 Å². The summed E-state index contributed by atoms with van der Waals surface area (Å²) in [6.07, 6.45) is 10.9. The van der Waals surface area contributed by atoms with Crippen LogP contribution in [0.15, 0.2) is 0 Å². The summed E-state index contributed by atoms with van der Waals surface area (Å²) in [5.41, 5.74) is 0.727. The molecule has 0 spiro atoms. The first kappa shape index (κ1) is 21.0. The Morgan fingerprint density at radius 3 is 1.04 bits per heavy atom. The van der Waals surface area contributed by atoms with Crippen molar-refractivity contribution in [2.24, 2.45) is 23.7 Å². The normalized spacial score (nSPS) is 21.4. The molecular formula is C22H45N. The van der Waals surface area contributed by atoms with Crippen LogP contribution in [0.1, 0.15) is 107 Å². The molecule has 1 saturated heterocycles. The van der Waals surface area contributed by atoms with Crippen LogP contribution in [0.5, 0.6) is 0 Å². The Morgan fingerprint density at radius 1 is 0.565 bits per heavy atom. The van der Waals surface area contributed by atoms with Gasteiger partial charge >= 0.3 is 0 Å². The topological polar surface area (TPSA) is 12.0 Å². The molecule has 0 aromatic carbocycles. The number of rotatable bonds is 8. The minimum atomic E-state index is 0.364. The van der Waals surface area contributed by atoms with Crippen LogP contribution in [-0.4, -0.2) is 11.1 Å². The smallest absolute Gasteiger partial charge is 0.0191 e. The van der Waals surface area contributed by atoms with Crippen molar-refractivity contribution in [2.45, 2.75) is 118 Å². The highest BCUT2D eigenvalue weighted by atomic mass is 15.1. The molecule has 0 saturated carbocycles. The Bertz CT molecular complexity index is 275. The average molecular weight is 324 g/mol. The van der Waals surface area contributed by atoms with Gasteiger partial charge in [0, 0.05) is 11.1 Å². The predicted octanol–water partition coefficient (Wildman–Crippen LogP) is 6.81. The van der Waals surface area contributed by atoms with Gasteiger partial charge in [0.25, 0.3) is 0 Å². The maximum atomic E-state index is 4.37. The van der Waals surface area contributed by atoms with E-state index in [-0.39, 0.29) is 0 Å². The summed E-state index contributed by atoms with van der Waals surface area (Å²) < 4.78 is 0. The molecule has 1 nitrogen and oxygen atoms in total. The molecule has 1 aliphatic rings. The fourth-order valence-electron chi connectivity index (χ4n) is 5.52. The molecule has 0 aromatic heterocycles. The Kier molecular flexibility index (Phi) is 8.11. The summed E-state index contributed by atoms with van der Waals surface area (Å²) in [4.78, 5) is 0. The molecule has 1 fully saturated rings. The average Bonchev–Trinajstić information content (AvgIpc) is 2.45. The molecule has 1 N–H and O–H groups in total. The molecule has 1 heterocycles. The Labute approximate surface area is 147 Å². The molecule has 0 aliphatic carbocycles. The van der Waals surface area contributed by atoms with Crippen molar-refractivity contribution in [2.75, 3.05) is 0 Å². The molecule has 0 radical (unpaired) electrons. The molecule has 138 valence electrons. The third-order valence-corrected chi connectivity index (χ3v) is 5.29. The number of nitrogens with one attached hydrogen (secondary N) is 1. The molecule has 0 amide bonds. The van der Waals surface area contributed by atoms with Crippen molar-refractivity contribution in [3.8, 4) is 0 Å². The lowest BCUT2D eigenvalue weighted by molar-refractivity contribution is 0.116. The summed E-state index contributed by atoms with van der Waals surface area (Å²) in [6, 6.07) is 0. The zero-order valence-electron chi connectivity index (χ0n) is 17.5. The van der Waals surface area contributed by atoms with Crippen molar-refractivity contribution in [1.82, 2.24) is 5.32 Å². The van der Waals surface area contributed by atoms with Gasteiger partial charge < -0.3 is 5.32 Å². The lowest BCUT2D eigenvalue weighted by Gasteiger charge is -2.47. The maximum absolute atomic E-state index is 4.37. The van der Waals surface area contributed by atoms with E-state index in [1.165, 1.54) is 51.4 Å². The Hall–Kier alpha value is -0.0400. The third-order valence-electron chi connectivity index (χ3n) is 5.29. The lowest BCUT2D eigenvalue weighted by Crippen LogP contribution is -2.59. The predicted molar refractivity (Wildman–Crippen MR) is 105 cm³/mol. The van der Waals surface area contributed by atoms with Crippen LogP contribution in [0.2, 0.25) is 0 Å². The van der Waals surface area contributed by atoms with Gasteiger partial charge in [-0.25, -0.2) is 0 Å². The summed E-state index contributed by atoms with van der Waals surface area (Å²) in [7, 11) is 0. The van der Waals surface area contributed by atoms with Gasteiger partial charge in [0.2, 0.25) is 0 Å². The van der Waals surface area contributed by atoms with Crippen LogP contribution in [0.25, 0.3) is 0 Å². The van der Waals surface area contributed by atoms with E-state index in [4.69, 9.17) is 0 Å². The van der Waals surface area contributed by atoms with Gasteiger partial charge in [0.1, 0.15) is 0 Å². The second kappa shape index (κ2) is 8.88. The highest BCUT2D eigenvalue weighted by Crippen LogP contribution is 2.41. The first-order valence-corrected chi connectivity index (χ1v) is 10.4. The maximum Gasteiger partial charge on any atom is 0.0191 e. The highest BCUT2D eigenvalue weighted by Gasteiger charge is 2.42. The van der Waals surface area contributed by atoms with Crippen LogP contribution in [-0.2, 0) is 0 Å². The molecule has 1 heteroatoms. The molecule has 23 heavy (non-hydrogen) atoms. The fourth-order valence-corrected chi connectivity index (χ4v) is 5.52. The Balaban J connectivity index is 3.13. The molecule has 0 unspecified atom stereocenters. The zero-order chi connectivity index (χ0) is 17.7. The minimum absolute atomic E-state index is 0.364. The van der Waals surface area contributed by atoms with E-state index in [1.54, 1.807) is 0 Å². The minimum Gasteiger partial charge on any atom is -0.306 e. The van der Waals surface area contributed by atoms with E-state index in [0.29, 0.717) is 11.1 Å².